The minimum Gasteiger partial charge on any atom is -0.379 e. The van der Waals surface area contributed by atoms with E-state index in [0.717, 1.165) is 67.5 Å². The van der Waals surface area contributed by atoms with Crippen LogP contribution in [0.1, 0.15) is 44.0 Å². The summed E-state index contributed by atoms with van der Waals surface area (Å²) in [6, 6.07) is 5.46. The molecule has 3 atom stereocenters. The third-order valence-electron chi connectivity index (χ3n) is 7.65. The average Bonchev–Trinajstić information content (AvgIpc) is 3.14. The predicted molar refractivity (Wildman–Crippen MR) is 145 cm³/mol. The lowest BCUT2D eigenvalue weighted by molar-refractivity contribution is 0.108. The molecule has 2 aromatic heterocycles. The van der Waals surface area contributed by atoms with Gasteiger partial charge in [0.25, 0.3) is 0 Å². The Labute approximate surface area is 222 Å². The fourth-order valence-corrected chi connectivity index (χ4v) is 6.11. The molecule has 0 spiro atoms. The van der Waals surface area contributed by atoms with E-state index in [-0.39, 0.29) is 6.04 Å². The summed E-state index contributed by atoms with van der Waals surface area (Å²) < 4.78 is 1.92. The highest BCUT2D eigenvalue weighted by Gasteiger charge is 2.36. The molecular formula is C26H35Cl2N7O. The summed E-state index contributed by atoms with van der Waals surface area (Å²) >= 11 is 12.6. The zero-order chi connectivity index (χ0) is 25.4. The molecule has 3 aromatic rings. The Morgan fingerprint density at radius 2 is 1.97 bits per heavy atom. The smallest absolute Gasteiger partial charge is 0.179 e. The highest BCUT2D eigenvalue weighted by molar-refractivity contribution is 6.35. The molecule has 1 aromatic carbocycles. The zero-order valence-corrected chi connectivity index (χ0v) is 22.7. The van der Waals surface area contributed by atoms with Crippen LogP contribution in [0.4, 0.5) is 5.82 Å². The Morgan fingerprint density at radius 1 is 1.17 bits per heavy atom. The number of likely N-dealkylation sites (tertiary alicyclic amines) is 1. The molecule has 0 bridgehead atoms. The van der Waals surface area contributed by atoms with Crippen molar-refractivity contribution in [2.24, 2.45) is 11.8 Å². The maximum Gasteiger partial charge on any atom is 0.179 e. The molecule has 2 aliphatic rings. The lowest BCUT2D eigenvalue weighted by atomic mass is 9.80. The van der Waals surface area contributed by atoms with Gasteiger partial charge in [-0.15, -0.1) is 0 Å². The molecule has 4 heterocycles. The lowest BCUT2D eigenvalue weighted by Crippen LogP contribution is -2.54. The molecule has 10 heteroatoms. The van der Waals surface area contributed by atoms with Gasteiger partial charge in [-0.1, -0.05) is 29.3 Å². The van der Waals surface area contributed by atoms with Crippen LogP contribution in [-0.2, 0) is 0 Å². The number of piperidine rings is 1. The number of halogens is 2. The van der Waals surface area contributed by atoms with Crippen molar-refractivity contribution >= 4 is 40.2 Å². The Hall–Kier alpha value is -1.97. The molecule has 2 N–H and O–H groups in total. The zero-order valence-electron chi connectivity index (χ0n) is 21.2. The largest absolute Gasteiger partial charge is 0.379 e. The van der Waals surface area contributed by atoms with Gasteiger partial charge < -0.3 is 14.9 Å². The van der Waals surface area contributed by atoms with Gasteiger partial charge in [-0.2, -0.15) is 5.10 Å². The maximum absolute atomic E-state index is 9.44. The van der Waals surface area contributed by atoms with E-state index in [4.69, 9.17) is 38.3 Å². The molecule has 2 fully saturated rings. The van der Waals surface area contributed by atoms with E-state index in [2.05, 4.69) is 22.0 Å². The van der Waals surface area contributed by atoms with Crippen LogP contribution in [-0.4, -0.2) is 75.3 Å². The summed E-state index contributed by atoms with van der Waals surface area (Å²) in [6.45, 7) is 11.9. The van der Waals surface area contributed by atoms with Crippen molar-refractivity contribution in [1.82, 2.24) is 30.0 Å². The normalized spacial score (nSPS) is 21.1. The first-order valence-electron chi connectivity index (χ1n) is 12.9. The molecular weight excluding hydrogens is 497 g/mol. The van der Waals surface area contributed by atoms with Crippen molar-refractivity contribution in [3.63, 3.8) is 0 Å². The third-order valence-corrected chi connectivity index (χ3v) is 8.21. The van der Waals surface area contributed by atoms with E-state index < -0.39 is 6.23 Å². The quantitative estimate of drug-likeness (QED) is 0.423. The second kappa shape index (κ2) is 10.8. The van der Waals surface area contributed by atoms with Crippen LogP contribution in [0.5, 0.6) is 0 Å². The first-order chi connectivity index (χ1) is 17.3. The second-order valence-corrected chi connectivity index (χ2v) is 11.1. The van der Waals surface area contributed by atoms with Gasteiger partial charge >= 0.3 is 0 Å². The number of rotatable bonds is 8. The minimum absolute atomic E-state index is 0.101. The van der Waals surface area contributed by atoms with E-state index in [0.29, 0.717) is 21.9 Å². The Balaban J connectivity index is 1.27. The van der Waals surface area contributed by atoms with Crippen LogP contribution in [0.2, 0.25) is 10.0 Å². The molecule has 5 rings (SSSR count). The van der Waals surface area contributed by atoms with E-state index >= 15 is 0 Å². The van der Waals surface area contributed by atoms with Crippen molar-refractivity contribution in [1.29, 1.82) is 0 Å². The van der Waals surface area contributed by atoms with Gasteiger partial charge in [0.2, 0.25) is 0 Å². The fourth-order valence-electron chi connectivity index (χ4n) is 5.54. The third kappa shape index (κ3) is 5.34. The summed E-state index contributed by atoms with van der Waals surface area (Å²) in [7, 11) is 0. The van der Waals surface area contributed by atoms with Gasteiger partial charge in [-0.05, 0) is 69.7 Å². The van der Waals surface area contributed by atoms with Crippen LogP contribution >= 0.6 is 23.2 Å². The average molecular weight is 533 g/mol. The molecule has 8 nitrogen and oxygen atoms in total. The van der Waals surface area contributed by atoms with Crippen LogP contribution < -0.4 is 10.2 Å². The number of hydrogen-bond acceptors (Lipinski definition) is 7. The lowest BCUT2D eigenvalue weighted by Gasteiger charge is -2.47. The molecule has 0 radical (unpaired) electrons. The summed E-state index contributed by atoms with van der Waals surface area (Å²) in [5, 5.41) is 18.5. The number of benzene rings is 1. The number of nitrogens with one attached hydrogen (secondary N) is 1. The highest BCUT2D eigenvalue weighted by Crippen LogP contribution is 2.35. The van der Waals surface area contributed by atoms with Gasteiger partial charge in [0, 0.05) is 42.8 Å². The standard InChI is InChI=1S/C26H35Cl2N7O/c1-16-25-26(35(32-16)17(2)22-7-6-21(27)11-23(22)28)31-24(12-30-25)34-14-20(15-34)19-5-4-9-33(13-19)10-8-29-18(3)36/h6-7,11-12,17-20,29,36H,4-5,8-10,13-15H2,1-3H3. The van der Waals surface area contributed by atoms with Crippen molar-refractivity contribution in [3.05, 3.63) is 45.7 Å². The van der Waals surface area contributed by atoms with Crippen molar-refractivity contribution in [2.75, 3.05) is 44.2 Å². The number of aliphatic hydroxyl groups excluding tert-OH is 1. The first kappa shape index (κ1) is 25.7. The van der Waals surface area contributed by atoms with Crippen molar-refractivity contribution < 1.29 is 5.11 Å². The van der Waals surface area contributed by atoms with Crippen LogP contribution in [0.15, 0.2) is 24.4 Å². The van der Waals surface area contributed by atoms with Crippen LogP contribution in [0.25, 0.3) is 11.2 Å². The van der Waals surface area contributed by atoms with Gasteiger partial charge in [0.1, 0.15) is 17.6 Å². The summed E-state index contributed by atoms with van der Waals surface area (Å²) in [5.41, 5.74) is 3.41. The molecule has 194 valence electrons. The topological polar surface area (TPSA) is 82.3 Å². The number of aryl methyl sites for hydroxylation is 1. The Bertz CT molecular complexity index is 1210. The van der Waals surface area contributed by atoms with E-state index in [1.807, 2.05) is 29.9 Å². The van der Waals surface area contributed by atoms with Crippen molar-refractivity contribution in [2.45, 2.75) is 45.9 Å². The molecule has 0 saturated carbocycles. The fraction of sp³-hybridized carbons (Fsp3) is 0.577. The van der Waals surface area contributed by atoms with Gasteiger partial charge in [-0.3, -0.25) is 5.32 Å². The molecule has 2 aliphatic heterocycles. The maximum atomic E-state index is 9.44. The molecule has 2 saturated heterocycles. The summed E-state index contributed by atoms with van der Waals surface area (Å²) in [5.74, 6) is 2.29. The molecule has 0 amide bonds. The minimum atomic E-state index is -0.449. The van der Waals surface area contributed by atoms with Crippen LogP contribution in [0, 0.1) is 18.8 Å². The predicted octanol–water partition coefficient (Wildman–Crippen LogP) is 4.13. The first-order valence-corrected chi connectivity index (χ1v) is 13.6. The van der Waals surface area contributed by atoms with Crippen molar-refractivity contribution in [3.8, 4) is 0 Å². The molecule has 0 aliphatic carbocycles. The monoisotopic (exact) mass is 531 g/mol. The van der Waals surface area contributed by atoms with E-state index in [1.165, 1.54) is 12.8 Å². The Kier molecular flexibility index (Phi) is 7.70. The Morgan fingerprint density at radius 3 is 2.72 bits per heavy atom. The second-order valence-electron chi connectivity index (χ2n) is 10.3. The summed E-state index contributed by atoms with van der Waals surface area (Å²) in [6.07, 6.45) is 3.96. The molecule has 36 heavy (non-hydrogen) atoms. The van der Waals surface area contributed by atoms with E-state index in [9.17, 15) is 5.11 Å². The number of hydrogen-bond donors (Lipinski definition) is 2. The number of aromatic nitrogens is 4. The van der Waals surface area contributed by atoms with Gasteiger partial charge in [0.05, 0.1) is 17.9 Å². The van der Waals surface area contributed by atoms with E-state index in [1.54, 1.807) is 13.0 Å². The number of nitrogens with zero attached hydrogens (tertiary/aromatic N) is 6. The highest BCUT2D eigenvalue weighted by atomic mass is 35.5. The van der Waals surface area contributed by atoms with Crippen LogP contribution in [0.3, 0.4) is 0 Å². The van der Waals surface area contributed by atoms with Gasteiger partial charge in [0.15, 0.2) is 5.65 Å². The summed E-state index contributed by atoms with van der Waals surface area (Å²) in [4.78, 5) is 14.6. The number of aliphatic hydroxyl groups is 1. The van der Waals surface area contributed by atoms with Gasteiger partial charge in [-0.25, -0.2) is 14.6 Å². The molecule has 3 unspecified atom stereocenters. The number of anilines is 1. The SMILES string of the molecule is Cc1nn(C(C)c2ccc(Cl)cc2Cl)c2nc(N3CC(C4CCCN(CCNC(C)O)C4)C3)cnc12. The number of fused-ring (bicyclic) bond motifs is 1.